The van der Waals surface area contributed by atoms with E-state index in [0.29, 0.717) is 24.3 Å². The van der Waals surface area contributed by atoms with E-state index in [0.717, 1.165) is 23.7 Å². The number of hydrogen-bond acceptors (Lipinski definition) is 3. The minimum atomic E-state index is -0.213. The SMILES string of the molecule is CCOc1cc(C(=O)N2C3CCC(=O)C2CC3)ccc1Br. The molecule has 1 aromatic rings. The lowest BCUT2D eigenvalue weighted by atomic mass is 10.00. The molecule has 4 nitrogen and oxygen atoms in total. The second-order valence-corrected chi connectivity index (χ2v) is 6.40. The van der Waals surface area contributed by atoms with E-state index in [9.17, 15) is 9.59 Å². The van der Waals surface area contributed by atoms with Gasteiger partial charge < -0.3 is 9.64 Å². The third-order valence-electron chi connectivity index (χ3n) is 4.31. The Hall–Kier alpha value is -1.36. The highest BCUT2D eigenvalue weighted by Crippen LogP contribution is 2.35. The highest BCUT2D eigenvalue weighted by Gasteiger charge is 2.44. The number of ketones is 1. The van der Waals surface area contributed by atoms with Gasteiger partial charge in [-0.2, -0.15) is 0 Å². The number of nitrogens with zero attached hydrogens (tertiary/aromatic N) is 1. The predicted molar refractivity (Wildman–Crippen MR) is 82.5 cm³/mol. The number of ether oxygens (including phenoxy) is 1. The Morgan fingerprint density at radius 3 is 2.95 bits per heavy atom. The van der Waals surface area contributed by atoms with E-state index in [-0.39, 0.29) is 23.8 Å². The van der Waals surface area contributed by atoms with Crippen LogP contribution in [-0.2, 0) is 4.79 Å². The second kappa shape index (κ2) is 5.79. The van der Waals surface area contributed by atoms with E-state index in [2.05, 4.69) is 15.9 Å². The standard InChI is InChI=1S/C16H18BrNO3/c1-2-21-15-9-10(3-6-12(15)17)16(20)18-11-4-7-13(18)14(19)8-5-11/h3,6,9,11,13H,2,4-5,7-8H2,1H3. The second-order valence-electron chi connectivity index (χ2n) is 5.54. The topological polar surface area (TPSA) is 46.6 Å². The number of hydrogen-bond donors (Lipinski definition) is 0. The van der Waals surface area contributed by atoms with Crippen LogP contribution in [0.2, 0.25) is 0 Å². The molecule has 2 unspecified atom stereocenters. The molecule has 112 valence electrons. The van der Waals surface area contributed by atoms with Crippen molar-refractivity contribution in [2.75, 3.05) is 6.61 Å². The quantitative estimate of drug-likeness (QED) is 0.839. The predicted octanol–water partition coefficient (Wildman–Crippen LogP) is 3.18. The van der Waals surface area contributed by atoms with Crippen LogP contribution in [0.25, 0.3) is 0 Å². The Morgan fingerprint density at radius 1 is 1.38 bits per heavy atom. The minimum absolute atomic E-state index is 0.0518. The van der Waals surface area contributed by atoms with Crippen LogP contribution in [0.1, 0.15) is 43.0 Å². The van der Waals surface area contributed by atoms with Gasteiger partial charge in [0.1, 0.15) is 5.75 Å². The molecule has 2 fully saturated rings. The smallest absolute Gasteiger partial charge is 0.254 e. The average Bonchev–Trinajstić information content (AvgIpc) is 2.81. The molecule has 5 heteroatoms. The molecule has 0 saturated carbocycles. The Bertz CT molecular complexity index is 587. The Labute approximate surface area is 132 Å². The van der Waals surface area contributed by atoms with E-state index in [4.69, 9.17) is 4.74 Å². The van der Waals surface area contributed by atoms with Crippen molar-refractivity contribution in [3.63, 3.8) is 0 Å². The summed E-state index contributed by atoms with van der Waals surface area (Å²) < 4.78 is 6.35. The van der Waals surface area contributed by atoms with Crippen LogP contribution < -0.4 is 4.74 Å². The summed E-state index contributed by atoms with van der Waals surface area (Å²) in [6, 6.07) is 5.38. The first kappa shape index (κ1) is 14.6. The van der Waals surface area contributed by atoms with Crippen molar-refractivity contribution >= 4 is 27.6 Å². The fourth-order valence-corrected chi connectivity index (χ4v) is 3.68. The van der Waals surface area contributed by atoms with Crippen LogP contribution >= 0.6 is 15.9 Å². The monoisotopic (exact) mass is 351 g/mol. The van der Waals surface area contributed by atoms with E-state index < -0.39 is 0 Å². The number of halogens is 1. The van der Waals surface area contributed by atoms with Crippen molar-refractivity contribution in [1.82, 2.24) is 4.90 Å². The Balaban J connectivity index is 1.88. The molecule has 3 rings (SSSR count). The van der Waals surface area contributed by atoms with Gasteiger partial charge in [0, 0.05) is 18.0 Å². The third kappa shape index (κ3) is 2.59. The summed E-state index contributed by atoms with van der Waals surface area (Å²) in [5.41, 5.74) is 0.591. The van der Waals surface area contributed by atoms with Gasteiger partial charge >= 0.3 is 0 Å². The molecule has 0 N–H and O–H groups in total. The highest BCUT2D eigenvalue weighted by molar-refractivity contribution is 9.10. The van der Waals surface area contributed by atoms with Crippen LogP contribution in [0.5, 0.6) is 5.75 Å². The number of Topliss-reactive ketones (excluding diaryl/α,β-unsaturated/α-hetero) is 1. The summed E-state index contributed by atoms with van der Waals surface area (Å²) in [5.74, 6) is 0.822. The van der Waals surface area contributed by atoms with Gasteiger partial charge in [-0.15, -0.1) is 0 Å². The fraction of sp³-hybridized carbons (Fsp3) is 0.500. The summed E-state index contributed by atoms with van der Waals surface area (Å²) in [6.45, 7) is 2.45. The van der Waals surface area contributed by atoms with Crippen molar-refractivity contribution in [3.05, 3.63) is 28.2 Å². The maximum Gasteiger partial charge on any atom is 0.254 e. The van der Waals surface area contributed by atoms with Crippen molar-refractivity contribution in [1.29, 1.82) is 0 Å². The molecule has 0 aliphatic carbocycles. The number of rotatable bonds is 3. The third-order valence-corrected chi connectivity index (χ3v) is 4.97. The lowest BCUT2D eigenvalue weighted by Crippen LogP contribution is -2.48. The normalized spacial score (nSPS) is 24.3. The molecule has 2 saturated heterocycles. The zero-order chi connectivity index (χ0) is 15.0. The molecular formula is C16H18BrNO3. The summed E-state index contributed by atoms with van der Waals surface area (Å²) in [4.78, 5) is 26.6. The van der Waals surface area contributed by atoms with Gasteiger partial charge in [-0.25, -0.2) is 0 Å². The molecule has 0 aromatic heterocycles. The van der Waals surface area contributed by atoms with Crippen LogP contribution in [0.15, 0.2) is 22.7 Å². The molecule has 1 amide bonds. The van der Waals surface area contributed by atoms with Crippen molar-refractivity contribution < 1.29 is 14.3 Å². The van der Waals surface area contributed by atoms with E-state index >= 15 is 0 Å². The number of amides is 1. The van der Waals surface area contributed by atoms with E-state index in [1.54, 1.807) is 17.0 Å². The molecule has 2 aliphatic heterocycles. The molecule has 2 bridgehead atoms. The Kier molecular flexibility index (Phi) is 4.02. The highest BCUT2D eigenvalue weighted by atomic mass is 79.9. The van der Waals surface area contributed by atoms with Gasteiger partial charge in [0.05, 0.1) is 17.1 Å². The number of benzene rings is 1. The number of fused-ring (bicyclic) bond motifs is 2. The number of piperidine rings is 1. The first-order valence-electron chi connectivity index (χ1n) is 7.39. The molecule has 0 spiro atoms. The van der Waals surface area contributed by atoms with Crippen LogP contribution in [0, 0.1) is 0 Å². The largest absolute Gasteiger partial charge is 0.493 e. The van der Waals surface area contributed by atoms with Gasteiger partial charge in [-0.05, 0) is 60.3 Å². The summed E-state index contributed by atoms with van der Waals surface area (Å²) in [6.07, 6.45) is 3.17. The van der Waals surface area contributed by atoms with Crippen molar-refractivity contribution in [2.45, 2.75) is 44.7 Å². The molecule has 2 atom stereocenters. The molecule has 2 aliphatic rings. The summed E-state index contributed by atoms with van der Waals surface area (Å²) in [5, 5.41) is 0. The van der Waals surface area contributed by atoms with E-state index in [1.807, 2.05) is 13.0 Å². The van der Waals surface area contributed by atoms with Crippen LogP contribution in [-0.4, -0.2) is 35.3 Å². The van der Waals surface area contributed by atoms with Crippen LogP contribution in [0.3, 0.4) is 0 Å². The molecule has 21 heavy (non-hydrogen) atoms. The summed E-state index contributed by atoms with van der Waals surface area (Å²) >= 11 is 3.42. The number of carbonyl (C=O) groups excluding carboxylic acids is 2. The number of carbonyl (C=O) groups is 2. The first-order valence-corrected chi connectivity index (χ1v) is 8.19. The zero-order valence-electron chi connectivity index (χ0n) is 12.0. The Morgan fingerprint density at radius 2 is 2.19 bits per heavy atom. The van der Waals surface area contributed by atoms with Gasteiger partial charge in [0.2, 0.25) is 0 Å². The zero-order valence-corrected chi connectivity index (χ0v) is 13.6. The van der Waals surface area contributed by atoms with Gasteiger partial charge in [0.25, 0.3) is 5.91 Å². The first-order chi connectivity index (χ1) is 10.1. The molecule has 0 radical (unpaired) electrons. The minimum Gasteiger partial charge on any atom is -0.493 e. The van der Waals surface area contributed by atoms with Crippen LogP contribution in [0.4, 0.5) is 0 Å². The molecule has 1 aromatic carbocycles. The molecular weight excluding hydrogens is 334 g/mol. The molecule has 2 heterocycles. The average molecular weight is 352 g/mol. The van der Waals surface area contributed by atoms with Crippen molar-refractivity contribution in [2.24, 2.45) is 0 Å². The maximum atomic E-state index is 12.8. The van der Waals surface area contributed by atoms with Gasteiger partial charge in [-0.3, -0.25) is 9.59 Å². The lowest BCUT2D eigenvalue weighted by Gasteiger charge is -2.33. The van der Waals surface area contributed by atoms with Gasteiger partial charge in [0.15, 0.2) is 5.78 Å². The fourth-order valence-electron chi connectivity index (χ4n) is 3.32. The van der Waals surface area contributed by atoms with Crippen molar-refractivity contribution in [3.8, 4) is 5.75 Å². The van der Waals surface area contributed by atoms with E-state index in [1.165, 1.54) is 0 Å². The maximum absolute atomic E-state index is 12.8. The summed E-state index contributed by atoms with van der Waals surface area (Å²) in [7, 11) is 0. The van der Waals surface area contributed by atoms with Gasteiger partial charge in [-0.1, -0.05) is 0 Å². The lowest BCUT2D eigenvalue weighted by molar-refractivity contribution is -0.125.